The minimum Gasteiger partial charge on any atom is -0.455 e. The Hall–Kier alpha value is -5.84. The van der Waals surface area contributed by atoms with Gasteiger partial charge in [-0.15, -0.1) is 11.3 Å². The van der Waals surface area contributed by atoms with Gasteiger partial charge in [0.2, 0.25) is 0 Å². The van der Waals surface area contributed by atoms with Crippen molar-refractivity contribution in [2.24, 2.45) is 0 Å². The van der Waals surface area contributed by atoms with Crippen LogP contribution in [0.1, 0.15) is 0 Å². The molecule has 0 spiro atoms. The molecule has 4 heteroatoms. The van der Waals surface area contributed by atoms with Crippen molar-refractivity contribution in [1.29, 1.82) is 0 Å². The van der Waals surface area contributed by atoms with Crippen molar-refractivity contribution >= 4 is 75.1 Å². The Labute approximate surface area is 268 Å². The average molecular weight is 605 g/mol. The number of thiophene rings is 1. The van der Waals surface area contributed by atoms with Gasteiger partial charge in [0.05, 0.1) is 15.9 Å². The second-order valence-corrected chi connectivity index (χ2v) is 12.8. The van der Waals surface area contributed by atoms with Crippen LogP contribution >= 0.6 is 11.3 Å². The summed E-state index contributed by atoms with van der Waals surface area (Å²) in [4.78, 5) is 10.7. The minimum atomic E-state index is 0.694. The number of hydrogen-bond donors (Lipinski definition) is 0. The molecule has 0 bridgehead atoms. The van der Waals surface area contributed by atoms with E-state index in [0.717, 1.165) is 70.9 Å². The van der Waals surface area contributed by atoms with Gasteiger partial charge in [0.25, 0.3) is 0 Å². The molecule has 46 heavy (non-hydrogen) atoms. The summed E-state index contributed by atoms with van der Waals surface area (Å²) in [5, 5.41) is 7.97. The van der Waals surface area contributed by atoms with Gasteiger partial charge in [-0.25, -0.2) is 9.97 Å². The van der Waals surface area contributed by atoms with Crippen LogP contribution in [-0.2, 0) is 0 Å². The zero-order chi connectivity index (χ0) is 30.2. The van der Waals surface area contributed by atoms with Crippen LogP contribution in [0.2, 0.25) is 0 Å². The molecule has 0 N–H and O–H groups in total. The third-order valence-electron chi connectivity index (χ3n) is 9.06. The monoisotopic (exact) mass is 604 g/mol. The molecule has 3 nitrogen and oxygen atoms in total. The van der Waals surface area contributed by atoms with E-state index in [1.165, 1.54) is 20.9 Å². The highest BCUT2D eigenvalue weighted by Gasteiger charge is 2.22. The molecule has 0 aliphatic heterocycles. The first-order chi connectivity index (χ1) is 22.8. The summed E-state index contributed by atoms with van der Waals surface area (Å²) in [7, 11) is 0. The Morgan fingerprint density at radius 3 is 2.04 bits per heavy atom. The maximum absolute atomic E-state index is 6.76. The number of benzene rings is 7. The lowest BCUT2D eigenvalue weighted by atomic mass is 9.97. The Kier molecular flexibility index (Phi) is 5.45. The highest BCUT2D eigenvalue weighted by molar-refractivity contribution is 7.26. The third-order valence-corrected chi connectivity index (χ3v) is 10.2. The van der Waals surface area contributed by atoms with Crippen LogP contribution in [0.15, 0.2) is 150 Å². The fourth-order valence-electron chi connectivity index (χ4n) is 6.84. The molecule has 0 aliphatic rings. The van der Waals surface area contributed by atoms with Crippen molar-refractivity contribution in [2.75, 3.05) is 0 Å². The van der Waals surface area contributed by atoms with E-state index in [-0.39, 0.29) is 0 Å². The number of rotatable bonds is 3. The van der Waals surface area contributed by atoms with Crippen LogP contribution < -0.4 is 0 Å². The number of nitrogens with zero attached hydrogens (tertiary/aromatic N) is 2. The Balaban J connectivity index is 1.32. The highest BCUT2D eigenvalue weighted by atomic mass is 32.1. The highest BCUT2D eigenvalue weighted by Crippen LogP contribution is 2.45. The molecule has 3 aromatic heterocycles. The summed E-state index contributed by atoms with van der Waals surface area (Å²) < 4.78 is 9.06. The second kappa shape index (κ2) is 9.83. The van der Waals surface area contributed by atoms with Crippen LogP contribution in [-0.4, -0.2) is 9.97 Å². The van der Waals surface area contributed by atoms with Gasteiger partial charge in [-0.3, -0.25) is 0 Å². The standard InChI is InChI=1S/C42H24N2OS/c1-2-11-26(12-3-1)31-20-21-33(37-34-23-28-14-6-7-15-29(28)24-35(34)45-40(31)37)42-43-38(30-19-18-25-10-4-5-13-27(25)22-30)41-39(44-42)32-16-8-9-17-36(32)46-41/h1-24H. The van der Waals surface area contributed by atoms with Gasteiger partial charge in [-0.2, -0.15) is 0 Å². The first kappa shape index (κ1) is 25.5. The smallest absolute Gasteiger partial charge is 0.161 e. The van der Waals surface area contributed by atoms with Gasteiger partial charge >= 0.3 is 0 Å². The molecule has 0 aliphatic carbocycles. The van der Waals surface area contributed by atoms with Crippen molar-refractivity contribution in [2.45, 2.75) is 0 Å². The predicted molar refractivity (Wildman–Crippen MR) is 194 cm³/mol. The number of furan rings is 1. The van der Waals surface area contributed by atoms with Crippen LogP contribution in [0.5, 0.6) is 0 Å². The maximum atomic E-state index is 6.76. The summed E-state index contributed by atoms with van der Waals surface area (Å²) in [6.07, 6.45) is 0. The Morgan fingerprint density at radius 1 is 0.500 bits per heavy atom. The van der Waals surface area contributed by atoms with E-state index in [1.54, 1.807) is 11.3 Å². The SMILES string of the molecule is c1ccc(-c2ccc(-c3nc(-c4ccc5ccccc5c4)c4sc5ccccc5c4n3)c3c2oc2cc4ccccc4cc23)cc1. The molecule has 0 saturated carbocycles. The molecule has 0 radical (unpaired) electrons. The molecular weight excluding hydrogens is 581 g/mol. The average Bonchev–Trinajstić information content (AvgIpc) is 3.68. The minimum absolute atomic E-state index is 0.694. The largest absolute Gasteiger partial charge is 0.455 e. The molecule has 7 aromatic carbocycles. The number of aromatic nitrogens is 2. The third kappa shape index (κ3) is 3.84. The van der Waals surface area contributed by atoms with Gasteiger partial charge in [-0.05, 0) is 63.5 Å². The Morgan fingerprint density at radius 2 is 1.20 bits per heavy atom. The van der Waals surface area contributed by atoms with E-state index in [4.69, 9.17) is 14.4 Å². The molecular formula is C42H24N2OS. The zero-order valence-electron chi connectivity index (χ0n) is 24.6. The lowest BCUT2D eigenvalue weighted by Crippen LogP contribution is -1.95. The summed E-state index contributed by atoms with van der Waals surface area (Å²) in [6.45, 7) is 0. The van der Waals surface area contributed by atoms with Gasteiger partial charge < -0.3 is 4.42 Å². The fraction of sp³-hybridized carbons (Fsp3) is 0. The maximum Gasteiger partial charge on any atom is 0.161 e. The van der Waals surface area contributed by atoms with E-state index < -0.39 is 0 Å². The van der Waals surface area contributed by atoms with Gasteiger partial charge in [0, 0.05) is 37.5 Å². The molecule has 0 amide bonds. The van der Waals surface area contributed by atoms with E-state index in [2.05, 4.69) is 140 Å². The van der Waals surface area contributed by atoms with Crippen LogP contribution in [0.25, 0.3) is 97.6 Å². The summed E-state index contributed by atoms with van der Waals surface area (Å²) in [6, 6.07) is 51.3. The van der Waals surface area contributed by atoms with Gasteiger partial charge in [0.15, 0.2) is 5.82 Å². The van der Waals surface area contributed by atoms with Crippen molar-refractivity contribution in [3.05, 3.63) is 146 Å². The van der Waals surface area contributed by atoms with Gasteiger partial charge in [-0.1, -0.05) is 109 Å². The number of hydrogen-bond acceptors (Lipinski definition) is 4. The van der Waals surface area contributed by atoms with Crippen molar-refractivity contribution in [1.82, 2.24) is 9.97 Å². The van der Waals surface area contributed by atoms with Crippen molar-refractivity contribution in [3.63, 3.8) is 0 Å². The molecule has 10 rings (SSSR count). The van der Waals surface area contributed by atoms with Gasteiger partial charge in [0.1, 0.15) is 11.2 Å². The Bertz CT molecular complexity index is 2810. The van der Waals surface area contributed by atoms with E-state index >= 15 is 0 Å². The van der Waals surface area contributed by atoms with E-state index in [1.807, 2.05) is 6.07 Å². The lowest BCUT2D eigenvalue weighted by molar-refractivity contribution is 0.670. The molecule has 0 atom stereocenters. The van der Waals surface area contributed by atoms with Crippen molar-refractivity contribution < 1.29 is 4.42 Å². The first-order valence-corrected chi connectivity index (χ1v) is 16.2. The summed E-state index contributed by atoms with van der Waals surface area (Å²) in [5.41, 5.74) is 7.84. The van der Waals surface area contributed by atoms with Crippen molar-refractivity contribution in [3.8, 4) is 33.8 Å². The molecule has 0 fully saturated rings. The molecule has 0 unspecified atom stereocenters. The zero-order valence-corrected chi connectivity index (χ0v) is 25.4. The lowest BCUT2D eigenvalue weighted by Gasteiger charge is -2.11. The molecule has 214 valence electrons. The molecule has 0 saturated heterocycles. The first-order valence-electron chi connectivity index (χ1n) is 15.4. The van der Waals surface area contributed by atoms with Crippen LogP contribution in [0.3, 0.4) is 0 Å². The number of fused-ring (bicyclic) bond motifs is 8. The second-order valence-electron chi connectivity index (χ2n) is 11.8. The quantitative estimate of drug-likeness (QED) is 0.201. The summed E-state index contributed by atoms with van der Waals surface area (Å²) >= 11 is 1.76. The van der Waals surface area contributed by atoms with Crippen LogP contribution in [0, 0.1) is 0 Å². The normalized spacial score (nSPS) is 11.9. The van der Waals surface area contributed by atoms with Crippen LogP contribution in [0.4, 0.5) is 0 Å². The molecule has 10 aromatic rings. The molecule has 3 heterocycles. The predicted octanol–water partition coefficient (Wildman–Crippen LogP) is 12.1. The fourth-order valence-corrected chi connectivity index (χ4v) is 7.99. The topological polar surface area (TPSA) is 38.9 Å². The van der Waals surface area contributed by atoms with E-state index in [0.29, 0.717) is 5.82 Å². The summed E-state index contributed by atoms with van der Waals surface area (Å²) in [5.74, 6) is 0.694. The van der Waals surface area contributed by atoms with E-state index in [9.17, 15) is 0 Å².